The largest absolute Gasteiger partial charge is 0.313 e. The Kier molecular flexibility index (Phi) is 2.70. The van der Waals surface area contributed by atoms with E-state index in [1.807, 2.05) is 37.6 Å². The summed E-state index contributed by atoms with van der Waals surface area (Å²) in [7, 11) is 1.86. The summed E-state index contributed by atoms with van der Waals surface area (Å²) in [6, 6.07) is 16.6. The van der Waals surface area contributed by atoms with Crippen molar-refractivity contribution >= 4 is 33.4 Å². The maximum absolute atomic E-state index is 12.8. The molecule has 2 aromatic heterocycles. The standard InChI is InChI=1S/C23H17N3O/c1-26-20-13-25-19-7-6-14(11-17(19)21(20)23(8-9-23)22(26)27)16-10-15-4-2-3-5-18(15)24-12-16/h2-7,10-13H,8-9H2,1H3. The summed E-state index contributed by atoms with van der Waals surface area (Å²) < 4.78 is 0. The first kappa shape index (κ1) is 14.9. The monoisotopic (exact) mass is 351 g/mol. The van der Waals surface area contributed by atoms with Crippen LogP contribution in [0.5, 0.6) is 0 Å². The second kappa shape index (κ2) is 4.92. The van der Waals surface area contributed by atoms with Crippen molar-refractivity contribution in [3.8, 4) is 11.1 Å². The Morgan fingerprint density at radius 2 is 1.74 bits per heavy atom. The molecule has 0 atom stereocenters. The quantitative estimate of drug-likeness (QED) is 0.509. The van der Waals surface area contributed by atoms with E-state index in [2.05, 4.69) is 40.3 Å². The number of likely N-dealkylation sites (N-methyl/N-ethyl adjacent to an activating group) is 1. The lowest BCUT2D eigenvalue weighted by Gasteiger charge is -2.11. The lowest BCUT2D eigenvalue weighted by Crippen LogP contribution is -2.28. The van der Waals surface area contributed by atoms with Crippen molar-refractivity contribution in [1.29, 1.82) is 0 Å². The zero-order valence-electron chi connectivity index (χ0n) is 14.9. The molecule has 1 amide bonds. The normalized spacial score (nSPS) is 17.1. The maximum atomic E-state index is 12.8. The summed E-state index contributed by atoms with van der Waals surface area (Å²) in [5.74, 6) is 0.213. The minimum Gasteiger partial charge on any atom is -0.313 e. The number of benzene rings is 2. The van der Waals surface area contributed by atoms with Gasteiger partial charge in [0.1, 0.15) is 0 Å². The van der Waals surface area contributed by atoms with Crippen LogP contribution in [0.3, 0.4) is 0 Å². The van der Waals surface area contributed by atoms with Crippen LogP contribution in [0.2, 0.25) is 0 Å². The summed E-state index contributed by atoms with van der Waals surface area (Å²) in [5, 5.41) is 2.22. The van der Waals surface area contributed by atoms with E-state index in [-0.39, 0.29) is 11.3 Å². The molecule has 1 spiro atoms. The zero-order valence-corrected chi connectivity index (χ0v) is 14.9. The lowest BCUT2D eigenvalue weighted by atomic mass is 9.92. The molecule has 1 saturated carbocycles. The number of fused-ring (bicyclic) bond motifs is 5. The Balaban J connectivity index is 1.60. The highest BCUT2D eigenvalue weighted by Crippen LogP contribution is 2.58. The third kappa shape index (κ3) is 1.90. The summed E-state index contributed by atoms with van der Waals surface area (Å²) in [6.07, 6.45) is 5.64. The number of carbonyl (C=O) groups is 1. The predicted octanol–water partition coefficient (Wildman–Crippen LogP) is 4.46. The molecule has 0 N–H and O–H groups in total. The third-order valence-corrected chi connectivity index (χ3v) is 6.08. The van der Waals surface area contributed by atoms with Gasteiger partial charge in [0.2, 0.25) is 5.91 Å². The van der Waals surface area contributed by atoms with Crippen LogP contribution in [0.1, 0.15) is 18.4 Å². The van der Waals surface area contributed by atoms with E-state index in [1.54, 1.807) is 4.90 Å². The van der Waals surface area contributed by atoms with Crippen molar-refractivity contribution in [2.24, 2.45) is 0 Å². The molecule has 2 aromatic carbocycles. The number of aromatic nitrogens is 2. The summed E-state index contributed by atoms with van der Waals surface area (Å²) in [6.45, 7) is 0. The van der Waals surface area contributed by atoms with E-state index in [4.69, 9.17) is 0 Å². The van der Waals surface area contributed by atoms with E-state index < -0.39 is 0 Å². The highest BCUT2D eigenvalue weighted by atomic mass is 16.2. The Bertz CT molecular complexity index is 1270. The topological polar surface area (TPSA) is 46.1 Å². The van der Waals surface area contributed by atoms with Gasteiger partial charge in [-0.1, -0.05) is 24.3 Å². The van der Waals surface area contributed by atoms with Crippen molar-refractivity contribution in [2.45, 2.75) is 18.3 Å². The Morgan fingerprint density at radius 1 is 0.926 bits per heavy atom. The lowest BCUT2D eigenvalue weighted by molar-refractivity contribution is -0.119. The van der Waals surface area contributed by atoms with Crippen LogP contribution < -0.4 is 4.90 Å². The fraction of sp³-hybridized carbons (Fsp3) is 0.174. The van der Waals surface area contributed by atoms with Gasteiger partial charge in [-0.15, -0.1) is 0 Å². The van der Waals surface area contributed by atoms with Crippen molar-refractivity contribution in [1.82, 2.24) is 9.97 Å². The number of para-hydroxylation sites is 1. The highest BCUT2D eigenvalue weighted by molar-refractivity contribution is 6.14. The maximum Gasteiger partial charge on any atom is 0.237 e. The van der Waals surface area contributed by atoms with Gasteiger partial charge in [0.15, 0.2) is 0 Å². The first-order valence-corrected chi connectivity index (χ1v) is 9.24. The molecule has 4 heteroatoms. The predicted molar refractivity (Wildman–Crippen MR) is 107 cm³/mol. The molecule has 0 unspecified atom stereocenters. The summed E-state index contributed by atoms with van der Waals surface area (Å²) >= 11 is 0. The molecule has 1 fully saturated rings. The smallest absolute Gasteiger partial charge is 0.237 e. The first-order valence-electron chi connectivity index (χ1n) is 9.24. The third-order valence-electron chi connectivity index (χ3n) is 6.08. The van der Waals surface area contributed by atoms with Crippen molar-refractivity contribution in [2.75, 3.05) is 11.9 Å². The molecule has 0 saturated heterocycles. The number of nitrogens with zero attached hydrogens (tertiary/aromatic N) is 3. The van der Waals surface area contributed by atoms with Crippen LogP contribution in [0.4, 0.5) is 5.69 Å². The Morgan fingerprint density at radius 3 is 2.59 bits per heavy atom. The molecule has 0 radical (unpaired) electrons. The van der Waals surface area contributed by atoms with E-state index in [1.165, 1.54) is 0 Å². The number of hydrogen-bond acceptors (Lipinski definition) is 3. The SMILES string of the molecule is CN1C(=O)C2(CC2)c2c1cnc1ccc(-c3cnc4ccccc4c3)cc21. The Hall–Kier alpha value is -3.27. The van der Waals surface area contributed by atoms with Crippen molar-refractivity contribution < 1.29 is 4.79 Å². The first-order chi connectivity index (χ1) is 13.2. The van der Waals surface area contributed by atoms with Gasteiger partial charge in [-0.25, -0.2) is 0 Å². The molecule has 1 aliphatic heterocycles. The number of pyridine rings is 2. The van der Waals surface area contributed by atoms with Gasteiger partial charge >= 0.3 is 0 Å². The highest BCUT2D eigenvalue weighted by Gasteiger charge is 2.59. The van der Waals surface area contributed by atoms with Crippen LogP contribution in [0.15, 0.2) is 60.9 Å². The molecular formula is C23H17N3O. The van der Waals surface area contributed by atoms with Gasteiger partial charge in [-0.3, -0.25) is 14.8 Å². The van der Waals surface area contributed by atoms with Crippen LogP contribution in [0, 0.1) is 0 Å². The van der Waals surface area contributed by atoms with Gasteiger partial charge in [0.05, 0.1) is 28.3 Å². The number of amides is 1. The average molecular weight is 351 g/mol. The van der Waals surface area contributed by atoms with Gasteiger partial charge < -0.3 is 4.90 Å². The molecule has 1 aliphatic carbocycles. The van der Waals surface area contributed by atoms with Crippen molar-refractivity contribution in [3.63, 3.8) is 0 Å². The fourth-order valence-corrected chi connectivity index (χ4v) is 4.47. The Labute approximate surface area is 156 Å². The second-order valence-electron chi connectivity index (χ2n) is 7.61. The van der Waals surface area contributed by atoms with Gasteiger partial charge in [0, 0.05) is 35.1 Å². The molecule has 27 heavy (non-hydrogen) atoms. The van der Waals surface area contributed by atoms with E-state index in [9.17, 15) is 4.79 Å². The van der Waals surface area contributed by atoms with Crippen molar-refractivity contribution in [3.05, 3.63) is 66.5 Å². The molecule has 2 aliphatic rings. The van der Waals surface area contributed by atoms with Crippen LogP contribution in [-0.2, 0) is 10.2 Å². The minimum absolute atomic E-state index is 0.213. The van der Waals surface area contributed by atoms with Gasteiger partial charge in [-0.05, 0) is 42.7 Å². The number of rotatable bonds is 1. The molecule has 130 valence electrons. The molecule has 3 heterocycles. The zero-order chi connectivity index (χ0) is 18.2. The molecule has 4 nitrogen and oxygen atoms in total. The number of anilines is 1. The molecule has 4 aromatic rings. The summed E-state index contributed by atoms with van der Waals surface area (Å²) in [4.78, 5) is 23.8. The number of carbonyl (C=O) groups excluding carboxylic acids is 1. The summed E-state index contributed by atoms with van der Waals surface area (Å²) in [5.41, 5.74) is 5.93. The molecular weight excluding hydrogens is 334 g/mol. The van der Waals surface area contributed by atoms with Crippen LogP contribution >= 0.6 is 0 Å². The van der Waals surface area contributed by atoms with E-state index in [0.717, 1.165) is 57.0 Å². The molecule has 0 bridgehead atoms. The van der Waals surface area contributed by atoms with E-state index in [0.29, 0.717) is 0 Å². The second-order valence-corrected chi connectivity index (χ2v) is 7.61. The minimum atomic E-state index is -0.314. The average Bonchev–Trinajstić information content (AvgIpc) is 3.49. The van der Waals surface area contributed by atoms with Gasteiger partial charge in [-0.2, -0.15) is 0 Å². The van der Waals surface area contributed by atoms with Gasteiger partial charge in [0.25, 0.3) is 0 Å². The number of hydrogen-bond donors (Lipinski definition) is 0. The van der Waals surface area contributed by atoms with Crippen LogP contribution in [0.25, 0.3) is 32.9 Å². The molecule has 6 rings (SSSR count). The van der Waals surface area contributed by atoms with E-state index >= 15 is 0 Å². The van der Waals surface area contributed by atoms with Crippen LogP contribution in [-0.4, -0.2) is 22.9 Å². The fourth-order valence-electron chi connectivity index (χ4n) is 4.47.